The van der Waals surface area contributed by atoms with E-state index >= 15 is 0 Å². The van der Waals surface area contributed by atoms with Crippen LogP contribution in [-0.4, -0.2) is 30.9 Å². The van der Waals surface area contributed by atoms with Crippen molar-refractivity contribution < 1.29 is 13.9 Å². The normalized spacial score (nSPS) is 19.5. The van der Waals surface area contributed by atoms with Gasteiger partial charge in [-0.2, -0.15) is 0 Å². The Morgan fingerprint density at radius 1 is 1.18 bits per heavy atom. The Morgan fingerprint density at radius 3 is 2.82 bits per heavy atom. The summed E-state index contributed by atoms with van der Waals surface area (Å²) in [7, 11) is 0. The van der Waals surface area contributed by atoms with Gasteiger partial charge in [-0.1, -0.05) is 41.9 Å². The lowest BCUT2D eigenvalue weighted by Crippen LogP contribution is -2.37. The van der Waals surface area contributed by atoms with E-state index in [9.17, 15) is 4.79 Å². The van der Waals surface area contributed by atoms with Gasteiger partial charge < -0.3 is 13.9 Å². The fraction of sp³-hybridized carbons (Fsp3) is 0.318. The first-order valence-electron chi connectivity index (χ1n) is 9.50. The second-order valence-corrected chi connectivity index (χ2v) is 7.72. The molecule has 1 saturated heterocycles. The number of fused-ring (bicyclic) bond motifs is 3. The predicted octanol–water partition coefficient (Wildman–Crippen LogP) is 4.44. The van der Waals surface area contributed by atoms with Crippen LogP contribution in [0.15, 0.2) is 51.7 Å². The third kappa shape index (κ3) is 3.20. The molecule has 144 valence electrons. The molecule has 5 rings (SSSR count). The van der Waals surface area contributed by atoms with Gasteiger partial charge in [0, 0.05) is 31.1 Å². The van der Waals surface area contributed by atoms with Crippen LogP contribution in [0.5, 0.6) is 5.75 Å². The minimum absolute atomic E-state index is 0.225. The van der Waals surface area contributed by atoms with E-state index in [1.807, 2.05) is 36.4 Å². The van der Waals surface area contributed by atoms with Gasteiger partial charge in [0.2, 0.25) is 0 Å². The van der Waals surface area contributed by atoms with Crippen molar-refractivity contribution in [3.63, 3.8) is 0 Å². The Morgan fingerprint density at radius 2 is 2.04 bits per heavy atom. The third-order valence-electron chi connectivity index (χ3n) is 5.38. The van der Waals surface area contributed by atoms with E-state index < -0.39 is 0 Å². The van der Waals surface area contributed by atoms with Crippen molar-refractivity contribution in [2.75, 3.05) is 19.9 Å². The molecule has 6 heteroatoms. The molecule has 1 atom stereocenters. The largest absolute Gasteiger partial charge is 0.476 e. The summed E-state index contributed by atoms with van der Waals surface area (Å²) in [5, 5.41) is 1.35. The lowest BCUT2D eigenvalue weighted by Gasteiger charge is -2.31. The van der Waals surface area contributed by atoms with Gasteiger partial charge >= 0.3 is 5.63 Å². The van der Waals surface area contributed by atoms with Gasteiger partial charge in [0.05, 0.1) is 16.7 Å². The van der Waals surface area contributed by atoms with Gasteiger partial charge in [-0.15, -0.1) is 0 Å². The molecule has 0 amide bonds. The molecule has 0 spiro atoms. The predicted molar refractivity (Wildman–Crippen MR) is 108 cm³/mol. The Balaban J connectivity index is 1.62. The smallest absolute Gasteiger partial charge is 0.336 e. The van der Waals surface area contributed by atoms with E-state index in [0.717, 1.165) is 48.1 Å². The van der Waals surface area contributed by atoms with Crippen LogP contribution in [0.2, 0.25) is 5.02 Å². The van der Waals surface area contributed by atoms with Gasteiger partial charge in [-0.25, -0.2) is 4.79 Å². The summed E-state index contributed by atoms with van der Waals surface area (Å²) in [5.41, 5.74) is 2.74. The SMILES string of the molecule is O=c1cc(-c2ccccc2)c2cc(Cl)c3c(c2o1)CN(CC1CCCO1)CO3. The van der Waals surface area contributed by atoms with Crippen LogP contribution in [0.4, 0.5) is 0 Å². The topological polar surface area (TPSA) is 51.9 Å². The Kier molecular flexibility index (Phi) is 4.59. The van der Waals surface area contributed by atoms with Crippen molar-refractivity contribution in [1.29, 1.82) is 0 Å². The van der Waals surface area contributed by atoms with Gasteiger partial charge in [-0.3, -0.25) is 4.90 Å². The average molecular weight is 398 g/mol. The van der Waals surface area contributed by atoms with Crippen LogP contribution < -0.4 is 10.4 Å². The van der Waals surface area contributed by atoms with E-state index in [-0.39, 0.29) is 11.7 Å². The second kappa shape index (κ2) is 7.24. The molecule has 5 nitrogen and oxygen atoms in total. The van der Waals surface area contributed by atoms with E-state index in [1.165, 1.54) is 6.07 Å². The molecule has 0 aliphatic carbocycles. The minimum Gasteiger partial charge on any atom is -0.476 e. The van der Waals surface area contributed by atoms with E-state index in [4.69, 9.17) is 25.5 Å². The molecule has 0 radical (unpaired) electrons. The van der Waals surface area contributed by atoms with Crippen LogP contribution in [0.25, 0.3) is 22.1 Å². The summed E-state index contributed by atoms with van der Waals surface area (Å²) in [6, 6.07) is 13.1. The van der Waals surface area contributed by atoms with Gasteiger partial charge in [0.25, 0.3) is 0 Å². The van der Waals surface area contributed by atoms with Crippen molar-refractivity contribution in [2.45, 2.75) is 25.5 Å². The Labute approximate surface area is 167 Å². The maximum Gasteiger partial charge on any atom is 0.336 e. The van der Waals surface area contributed by atoms with Crippen molar-refractivity contribution in [3.05, 3.63) is 63.5 Å². The molecular weight excluding hydrogens is 378 g/mol. The third-order valence-corrected chi connectivity index (χ3v) is 5.66. The van der Waals surface area contributed by atoms with Crippen molar-refractivity contribution in [2.24, 2.45) is 0 Å². The number of rotatable bonds is 3. The summed E-state index contributed by atoms with van der Waals surface area (Å²) in [6.07, 6.45) is 2.38. The zero-order valence-corrected chi connectivity index (χ0v) is 16.1. The highest BCUT2D eigenvalue weighted by molar-refractivity contribution is 6.33. The maximum absolute atomic E-state index is 12.3. The monoisotopic (exact) mass is 397 g/mol. The minimum atomic E-state index is -0.382. The van der Waals surface area contributed by atoms with Gasteiger partial charge in [0.1, 0.15) is 18.1 Å². The maximum atomic E-state index is 12.3. The van der Waals surface area contributed by atoms with Gasteiger partial charge in [-0.05, 0) is 30.0 Å². The van der Waals surface area contributed by atoms with E-state index in [0.29, 0.717) is 29.6 Å². The van der Waals surface area contributed by atoms with Crippen molar-refractivity contribution in [1.82, 2.24) is 4.90 Å². The van der Waals surface area contributed by atoms with Crippen LogP contribution in [-0.2, 0) is 11.3 Å². The molecule has 28 heavy (non-hydrogen) atoms. The Bertz CT molecular complexity index is 1070. The van der Waals surface area contributed by atoms with Crippen LogP contribution in [0, 0.1) is 0 Å². The zero-order valence-electron chi connectivity index (χ0n) is 15.3. The summed E-state index contributed by atoms with van der Waals surface area (Å²) in [5.74, 6) is 0.603. The highest BCUT2D eigenvalue weighted by atomic mass is 35.5. The molecule has 2 aliphatic heterocycles. The second-order valence-electron chi connectivity index (χ2n) is 7.31. The molecule has 1 unspecified atom stereocenters. The summed E-state index contributed by atoms with van der Waals surface area (Å²) < 4.78 is 17.3. The fourth-order valence-electron chi connectivity index (χ4n) is 4.08. The highest BCUT2D eigenvalue weighted by Gasteiger charge is 2.28. The first-order valence-corrected chi connectivity index (χ1v) is 9.88. The van der Waals surface area contributed by atoms with E-state index in [1.54, 1.807) is 0 Å². The molecule has 0 N–H and O–H groups in total. The summed E-state index contributed by atoms with van der Waals surface area (Å²) in [6.45, 7) is 2.66. The lowest BCUT2D eigenvalue weighted by atomic mass is 9.99. The number of halogens is 1. The fourth-order valence-corrected chi connectivity index (χ4v) is 4.36. The Hall–Kier alpha value is -2.34. The zero-order chi connectivity index (χ0) is 19.1. The quantitative estimate of drug-likeness (QED) is 0.611. The molecule has 0 bridgehead atoms. The van der Waals surface area contributed by atoms with Gasteiger partial charge in [0.15, 0.2) is 0 Å². The molecule has 1 aromatic heterocycles. The number of hydrogen-bond donors (Lipinski definition) is 0. The molecule has 2 aliphatic rings. The first-order chi connectivity index (χ1) is 13.7. The lowest BCUT2D eigenvalue weighted by molar-refractivity contribution is 0.0281. The van der Waals surface area contributed by atoms with Crippen LogP contribution in [0.3, 0.4) is 0 Å². The highest BCUT2D eigenvalue weighted by Crippen LogP contribution is 2.41. The van der Waals surface area contributed by atoms with Crippen molar-refractivity contribution >= 4 is 22.6 Å². The number of ether oxygens (including phenoxy) is 2. The number of hydrogen-bond acceptors (Lipinski definition) is 5. The average Bonchev–Trinajstić information content (AvgIpc) is 3.22. The molecular formula is C22H20ClNO4. The van der Waals surface area contributed by atoms with Crippen LogP contribution >= 0.6 is 11.6 Å². The molecule has 2 aromatic carbocycles. The first kappa shape index (κ1) is 17.7. The van der Waals surface area contributed by atoms with Crippen molar-refractivity contribution in [3.8, 4) is 16.9 Å². The number of nitrogens with zero attached hydrogens (tertiary/aromatic N) is 1. The molecule has 3 aromatic rings. The van der Waals surface area contributed by atoms with E-state index in [2.05, 4.69) is 4.90 Å². The summed E-state index contributed by atoms with van der Waals surface area (Å²) in [4.78, 5) is 14.5. The summed E-state index contributed by atoms with van der Waals surface area (Å²) >= 11 is 6.55. The number of benzene rings is 2. The molecule has 0 saturated carbocycles. The standard InChI is InChI=1S/C22H20ClNO4/c23-19-9-17-16(14-5-2-1-3-6-14)10-20(25)28-21(17)18-12-24(13-27-22(18)19)11-15-7-4-8-26-15/h1-3,5-6,9-10,15H,4,7-8,11-13H2. The van der Waals surface area contributed by atoms with Crippen LogP contribution in [0.1, 0.15) is 18.4 Å². The molecule has 3 heterocycles. The molecule has 1 fully saturated rings.